The summed E-state index contributed by atoms with van der Waals surface area (Å²) in [5, 5.41) is 4.42. The number of aromatic nitrogens is 4. The topological polar surface area (TPSA) is 60.7 Å². The second-order valence-corrected chi connectivity index (χ2v) is 3.93. The van der Waals surface area contributed by atoms with Gasteiger partial charge in [0.05, 0.1) is 5.56 Å². The molecule has 0 amide bonds. The molecule has 0 aliphatic heterocycles. The van der Waals surface area contributed by atoms with Gasteiger partial charge in [0, 0.05) is 24.0 Å². The van der Waals surface area contributed by atoms with Gasteiger partial charge in [-0.2, -0.15) is 5.10 Å². The molecule has 0 saturated heterocycles. The highest BCUT2D eigenvalue weighted by atomic mass is 16.1. The molecule has 0 spiro atoms. The number of aldehydes is 1. The van der Waals surface area contributed by atoms with E-state index < -0.39 is 0 Å². The molecule has 0 saturated carbocycles. The van der Waals surface area contributed by atoms with Crippen molar-refractivity contribution in [1.29, 1.82) is 0 Å². The Balaban J connectivity index is 2.12. The third-order valence-electron chi connectivity index (χ3n) is 2.72. The molecule has 0 atom stereocenters. The minimum absolute atomic E-state index is 0.532. The number of nitrogens with zero attached hydrogens (tertiary/aromatic N) is 4. The number of hydrogen-bond donors (Lipinski definition) is 0. The first-order valence-corrected chi connectivity index (χ1v) is 5.75. The van der Waals surface area contributed by atoms with E-state index in [-0.39, 0.29) is 0 Å². The fourth-order valence-electron chi connectivity index (χ4n) is 1.83. The molecule has 3 rings (SSSR count). The van der Waals surface area contributed by atoms with Crippen LogP contribution >= 0.6 is 0 Å². The van der Waals surface area contributed by atoms with E-state index in [4.69, 9.17) is 0 Å². The van der Waals surface area contributed by atoms with Crippen molar-refractivity contribution in [3.8, 4) is 17.1 Å². The standard InChI is InChI=1S/C14H10N4O/c19-9-12-8-18(13-6-7-15-10-16-13)17-14(12)11-4-2-1-3-5-11/h1-10H. The molecule has 3 aromatic rings. The first-order chi connectivity index (χ1) is 9.38. The molecule has 5 heteroatoms. The minimum Gasteiger partial charge on any atom is -0.298 e. The van der Waals surface area contributed by atoms with E-state index in [0.717, 1.165) is 11.8 Å². The van der Waals surface area contributed by atoms with E-state index in [9.17, 15) is 4.79 Å². The third-order valence-corrected chi connectivity index (χ3v) is 2.72. The molecular weight excluding hydrogens is 240 g/mol. The Morgan fingerprint density at radius 2 is 1.95 bits per heavy atom. The van der Waals surface area contributed by atoms with Gasteiger partial charge in [0.1, 0.15) is 12.0 Å². The first kappa shape index (κ1) is 11.3. The Labute approximate surface area is 109 Å². The lowest BCUT2D eigenvalue weighted by atomic mass is 10.1. The Morgan fingerprint density at radius 1 is 1.11 bits per heavy atom. The van der Waals surface area contributed by atoms with Gasteiger partial charge >= 0.3 is 0 Å². The van der Waals surface area contributed by atoms with Crippen molar-refractivity contribution in [2.45, 2.75) is 0 Å². The lowest BCUT2D eigenvalue weighted by molar-refractivity contribution is 0.112. The Morgan fingerprint density at radius 3 is 2.63 bits per heavy atom. The van der Waals surface area contributed by atoms with E-state index in [0.29, 0.717) is 17.1 Å². The normalized spacial score (nSPS) is 10.3. The van der Waals surface area contributed by atoms with E-state index in [1.807, 2.05) is 30.3 Å². The number of hydrogen-bond acceptors (Lipinski definition) is 4. The zero-order valence-corrected chi connectivity index (χ0v) is 9.97. The highest BCUT2D eigenvalue weighted by molar-refractivity contribution is 5.85. The monoisotopic (exact) mass is 250 g/mol. The van der Waals surface area contributed by atoms with Crippen LogP contribution in [0.2, 0.25) is 0 Å². The van der Waals surface area contributed by atoms with Gasteiger partial charge in [0.15, 0.2) is 12.1 Å². The van der Waals surface area contributed by atoms with Crippen LogP contribution < -0.4 is 0 Å². The predicted octanol–water partition coefficient (Wildman–Crippen LogP) is 2.14. The first-order valence-electron chi connectivity index (χ1n) is 5.75. The molecule has 0 radical (unpaired) electrons. The van der Waals surface area contributed by atoms with E-state index >= 15 is 0 Å². The summed E-state index contributed by atoms with van der Waals surface area (Å²) in [5.74, 6) is 0.625. The second-order valence-electron chi connectivity index (χ2n) is 3.93. The van der Waals surface area contributed by atoms with E-state index in [1.165, 1.54) is 6.33 Å². The molecule has 1 aromatic carbocycles. The average Bonchev–Trinajstić information content (AvgIpc) is 2.93. The summed E-state index contributed by atoms with van der Waals surface area (Å²) in [4.78, 5) is 19.1. The van der Waals surface area contributed by atoms with Crippen LogP contribution in [-0.2, 0) is 0 Å². The molecule has 0 bridgehead atoms. The summed E-state index contributed by atoms with van der Waals surface area (Å²) in [6, 6.07) is 11.3. The van der Waals surface area contributed by atoms with Crippen LogP contribution in [0, 0.1) is 0 Å². The summed E-state index contributed by atoms with van der Waals surface area (Å²) in [6.07, 6.45) is 5.54. The smallest absolute Gasteiger partial charge is 0.156 e. The second kappa shape index (κ2) is 4.81. The van der Waals surface area contributed by atoms with Crippen molar-refractivity contribution in [3.05, 3.63) is 60.7 Å². The van der Waals surface area contributed by atoms with Crippen LogP contribution in [-0.4, -0.2) is 26.0 Å². The van der Waals surface area contributed by atoms with E-state index in [2.05, 4.69) is 15.1 Å². The van der Waals surface area contributed by atoms with Crippen LogP contribution in [0.3, 0.4) is 0 Å². The molecule has 0 aliphatic carbocycles. The van der Waals surface area contributed by atoms with Gasteiger partial charge in [-0.05, 0) is 0 Å². The fraction of sp³-hybridized carbons (Fsp3) is 0. The summed E-state index contributed by atoms with van der Waals surface area (Å²) in [7, 11) is 0. The summed E-state index contributed by atoms with van der Waals surface area (Å²) < 4.78 is 1.58. The zero-order valence-electron chi connectivity index (χ0n) is 9.97. The predicted molar refractivity (Wildman–Crippen MR) is 70.0 cm³/mol. The molecule has 0 N–H and O–H groups in total. The van der Waals surface area contributed by atoms with E-state index in [1.54, 1.807) is 23.1 Å². The SMILES string of the molecule is O=Cc1cn(-c2ccncn2)nc1-c1ccccc1. The van der Waals surface area contributed by atoms with Crippen molar-refractivity contribution in [1.82, 2.24) is 19.7 Å². The maximum absolute atomic E-state index is 11.2. The zero-order chi connectivity index (χ0) is 13.1. The lowest BCUT2D eigenvalue weighted by Crippen LogP contribution is -1.97. The largest absolute Gasteiger partial charge is 0.298 e. The summed E-state index contributed by atoms with van der Waals surface area (Å²) >= 11 is 0. The number of rotatable bonds is 3. The van der Waals surface area contributed by atoms with Gasteiger partial charge in [0.2, 0.25) is 0 Å². The van der Waals surface area contributed by atoms with Crippen LogP contribution in [0.15, 0.2) is 55.1 Å². The quantitative estimate of drug-likeness (QED) is 0.668. The molecule has 0 fully saturated rings. The molecule has 2 aromatic heterocycles. The van der Waals surface area contributed by atoms with Gasteiger partial charge < -0.3 is 0 Å². The van der Waals surface area contributed by atoms with Gasteiger partial charge in [-0.25, -0.2) is 14.6 Å². The highest BCUT2D eigenvalue weighted by Crippen LogP contribution is 2.21. The van der Waals surface area contributed by atoms with Gasteiger partial charge in [-0.3, -0.25) is 4.79 Å². The molecule has 92 valence electrons. The number of carbonyl (C=O) groups excluding carboxylic acids is 1. The van der Waals surface area contributed by atoms with Gasteiger partial charge in [-0.1, -0.05) is 30.3 Å². The van der Waals surface area contributed by atoms with Gasteiger partial charge in [0.25, 0.3) is 0 Å². The Kier molecular flexibility index (Phi) is 2.86. The Bertz CT molecular complexity index is 692. The maximum Gasteiger partial charge on any atom is 0.156 e. The van der Waals surface area contributed by atoms with Gasteiger partial charge in [-0.15, -0.1) is 0 Å². The summed E-state index contributed by atoms with van der Waals surface area (Å²) in [6.45, 7) is 0. The van der Waals surface area contributed by atoms with Crippen LogP contribution in [0.5, 0.6) is 0 Å². The van der Waals surface area contributed by atoms with Crippen molar-refractivity contribution in [3.63, 3.8) is 0 Å². The van der Waals surface area contributed by atoms with Crippen molar-refractivity contribution >= 4 is 6.29 Å². The third kappa shape index (κ3) is 2.13. The molecule has 19 heavy (non-hydrogen) atoms. The molecule has 2 heterocycles. The molecular formula is C14H10N4O. The number of carbonyl (C=O) groups is 1. The lowest BCUT2D eigenvalue weighted by Gasteiger charge is -1.98. The van der Waals surface area contributed by atoms with Crippen LogP contribution in [0.1, 0.15) is 10.4 Å². The van der Waals surface area contributed by atoms with Crippen molar-refractivity contribution in [2.75, 3.05) is 0 Å². The minimum atomic E-state index is 0.532. The summed E-state index contributed by atoms with van der Waals surface area (Å²) in [5.41, 5.74) is 2.08. The van der Waals surface area contributed by atoms with Crippen molar-refractivity contribution < 1.29 is 4.79 Å². The molecule has 0 unspecified atom stereocenters. The molecule has 5 nitrogen and oxygen atoms in total. The van der Waals surface area contributed by atoms with Crippen molar-refractivity contribution in [2.24, 2.45) is 0 Å². The molecule has 0 aliphatic rings. The number of benzene rings is 1. The van der Waals surface area contributed by atoms with Crippen LogP contribution in [0.25, 0.3) is 17.1 Å². The Hall–Kier alpha value is -2.82. The van der Waals surface area contributed by atoms with Crippen LogP contribution in [0.4, 0.5) is 0 Å². The fourth-order valence-corrected chi connectivity index (χ4v) is 1.83. The maximum atomic E-state index is 11.2. The average molecular weight is 250 g/mol. The highest BCUT2D eigenvalue weighted by Gasteiger charge is 2.11.